The number of pyridine rings is 1. The molecular weight excluding hydrogens is 378 g/mol. The highest BCUT2D eigenvalue weighted by atomic mass is 79.9. The van der Waals surface area contributed by atoms with Crippen LogP contribution in [0.5, 0.6) is 0 Å². The molecule has 25 heavy (non-hydrogen) atoms. The number of aryl methyl sites for hydroxylation is 2. The molecule has 0 radical (unpaired) electrons. The SMILES string of the molecule is Cc1ccc2nc(C)cc(-c3oc4ccc(Br)cc4c(=O)c3C)c2c1. The molecule has 124 valence electrons. The summed E-state index contributed by atoms with van der Waals surface area (Å²) in [6.45, 7) is 5.82. The van der Waals surface area contributed by atoms with E-state index in [1.165, 1.54) is 0 Å². The van der Waals surface area contributed by atoms with Crippen LogP contribution in [0.4, 0.5) is 0 Å². The number of rotatable bonds is 1. The lowest BCUT2D eigenvalue weighted by molar-refractivity contribution is 0.614. The molecule has 4 aromatic rings. The molecule has 4 rings (SSSR count). The van der Waals surface area contributed by atoms with E-state index in [0.717, 1.165) is 32.2 Å². The highest BCUT2D eigenvalue weighted by Crippen LogP contribution is 2.32. The monoisotopic (exact) mass is 393 g/mol. The first-order chi connectivity index (χ1) is 11.9. The van der Waals surface area contributed by atoms with Gasteiger partial charge in [-0.1, -0.05) is 27.6 Å². The summed E-state index contributed by atoms with van der Waals surface area (Å²) in [5.41, 5.74) is 5.04. The van der Waals surface area contributed by atoms with Crippen molar-refractivity contribution in [3.05, 3.63) is 74.0 Å². The number of hydrogen-bond donors (Lipinski definition) is 0. The molecule has 0 N–H and O–H groups in total. The van der Waals surface area contributed by atoms with Crippen LogP contribution in [-0.4, -0.2) is 4.98 Å². The van der Waals surface area contributed by atoms with Gasteiger partial charge in [0.05, 0.1) is 10.9 Å². The average Bonchev–Trinajstić information content (AvgIpc) is 2.58. The zero-order valence-electron chi connectivity index (χ0n) is 14.2. The van der Waals surface area contributed by atoms with Crippen molar-refractivity contribution < 1.29 is 4.42 Å². The molecular formula is C21H16BrNO2. The molecule has 0 saturated carbocycles. The highest BCUT2D eigenvalue weighted by molar-refractivity contribution is 9.10. The van der Waals surface area contributed by atoms with Crippen molar-refractivity contribution in [3.63, 3.8) is 0 Å². The Balaban J connectivity index is 2.13. The van der Waals surface area contributed by atoms with Gasteiger partial charge >= 0.3 is 0 Å². The van der Waals surface area contributed by atoms with E-state index >= 15 is 0 Å². The van der Waals surface area contributed by atoms with E-state index < -0.39 is 0 Å². The van der Waals surface area contributed by atoms with Crippen molar-refractivity contribution in [3.8, 4) is 11.3 Å². The summed E-state index contributed by atoms with van der Waals surface area (Å²) in [5, 5.41) is 1.58. The lowest BCUT2D eigenvalue weighted by Gasteiger charge is -2.11. The summed E-state index contributed by atoms with van der Waals surface area (Å²) < 4.78 is 7.03. The summed E-state index contributed by atoms with van der Waals surface area (Å²) in [7, 11) is 0. The Morgan fingerprint density at radius 2 is 1.76 bits per heavy atom. The van der Waals surface area contributed by atoms with Crippen molar-refractivity contribution in [2.75, 3.05) is 0 Å². The molecule has 2 aromatic carbocycles. The Hall–Kier alpha value is -2.46. The molecule has 0 aliphatic rings. The maximum absolute atomic E-state index is 12.9. The van der Waals surface area contributed by atoms with Crippen LogP contribution < -0.4 is 5.43 Å². The second-order valence-electron chi connectivity index (χ2n) is 6.36. The summed E-state index contributed by atoms with van der Waals surface area (Å²) >= 11 is 3.42. The second-order valence-corrected chi connectivity index (χ2v) is 7.27. The fourth-order valence-electron chi connectivity index (χ4n) is 3.18. The first-order valence-corrected chi connectivity index (χ1v) is 8.84. The lowest BCUT2D eigenvalue weighted by Crippen LogP contribution is -2.07. The Morgan fingerprint density at radius 3 is 2.56 bits per heavy atom. The summed E-state index contributed by atoms with van der Waals surface area (Å²) in [6.07, 6.45) is 0. The average molecular weight is 394 g/mol. The van der Waals surface area contributed by atoms with Gasteiger partial charge in [0.15, 0.2) is 5.43 Å². The molecule has 0 spiro atoms. The predicted octanol–water partition coefficient (Wildman–Crippen LogP) is 5.70. The van der Waals surface area contributed by atoms with Crippen LogP contribution in [-0.2, 0) is 0 Å². The van der Waals surface area contributed by atoms with Crippen molar-refractivity contribution >= 4 is 37.8 Å². The smallest absolute Gasteiger partial charge is 0.196 e. The van der Waals surface area contributed by atoms with Crippen LogP contribution in [0.3, 0.4) is 0 Å². The zero-order valence-corrected chi connectivity index (χ0v) is 15.8. The molecule has 0 saturated heterocycles. The van der Waals surface area contributed by atoms with Crippen LogP contribution in [0.2, 0.25) is 0 Å². The van der Waals surface area contributed by atoms with Gasteiger partial charge < -0.3 is 4.42 Å². The largest absolute Gasteiger partial charge is 0.456 e. The van der Waals surface area contributed by atoms with Crippen LogP contribution in [0, 0.1) is 20.8 Å². The maximum atomic E-state index is 12.9. The molecule has 2 heterocycles. The van der Waals surface area contributed by atoms with E-state index in [4.69, 9.17) is 4.42 Å². The van der Waals surface area contributed by atoms with E-state index in [2.05, 4.69) is 27.0 Å². The summed E-state index contributed by atoms with van der Waals surface area (Å²) in [4.78, 5) is 17.5. The van der Waals surface area contributed by atoms with E-state index in [-0.39, 0.29) is 5.43 Å². The van der Waals surface area contributed by atoms with E-state index in [0.29, 0.717) is 22.3 Å². The van der Waals surface area contributed by atoms with E-state index in [1.54, 1.807) is 6.07 Å². The predicted molar refractivity (Wildman–Crippen MR) is 105 cm³/mol. The summed E-state index contributed by atoms with van der Waals surface area (Å²) in [5.74, 6) is 0.612. The number of hydrogen-bond acceptors (Lipinski definition) is 3. The number of aromatic nitrogens is 1. The van der Waals surface area contributed by atoms with Gasteiger partial charge in [0, 0.05) is 26.7 Å². The third-order valence-electron chi connectivity index (χ3n) is 4.42. The van der Waals surface area contributed by atoms with Crippen LogP contribution in [0.15, 0.2) is 56.1 Å². The van der Waals surface area contributed by atoms with E-state index in [9.17, 15) is 4.79 Å². The molecule has 0 atom stereocenters. The molecule has 0 amide bonds. The summed E-state index contributed by atoms with van der Waals surface area (Å²) in [6, 6.07) is 13.6. The van der Waals surface area contributed by atoms with Gasteiger partial charge in [-0.2, -0.15) is 0 Å². The Labute approximate surface area is 153 Å². The standard InChI is InChI=1S/C21H16BrNO2/c1-11-4-6-18-15(8-11)16(9-12(2)23-18)21-13(3)20(24)17-10-14(22)5-7-19(17)25-21/h4-10H,1-3H3. The van der Waals surface area contributed by atoms with Gasteiger partial charge in [-0.05, 0) is 57.2 Å². The van der Waals surface area contributed by atoms with Crippen LogP contribution >= 0.6 is 15.9 Å². The molecule has 0 aliphatic carbocycles. The van der Waals surface area contributed by atoms with E-state index in [1.807, 2.05) is 51.1 Å². The van der Waals surface area contributed by atoms with Gasteiger partial charge in [0.2, 0.25) is 0 Å². The van der Waals surface area contributed by atoms with Crippen LogP contribution in [0.25, 0.3) is 33.2 Å². The van der Waals surface area contributed by atoms with Crippen molar-refractivity contribution in [1.82, 2.24) is 4.98 Å². The number of nitrogens with zero attached hydrogens (tertiary/aromatic N) is 1. The van der Waals surface area contributed by atoms with Crippen molar-refractivity contribution in [2.24, 2.45) is 0 Å². The zero-order chi connectivity index (χ0) is 17.7. The maximum Gasteiger partial charge on any atom is 0.196 e. The third kappa shape index (κ3) is 2.67. The van der Waals surface area contributed by atoms with Gasteiger partial charge in [-0.15, -0.1) is 0 Å². The third-order valence-corrected chi connectivity index (χ3v) is 4.91. The van der Waals surface area contributed by atoms with Gasteiger partial charge in [-0.25, -0.2) is 0 Å². The fourth-order valence-corrected chi connectivity index (χ4v) is 3.54. The molecule has 0 fully saturated rings. The van der Waals surface area contributed by atoms with Crippen molar-refractivity contribution in [2.45, 2.75) is 20.8 Å². The first kappa shape index (κ1) is 16.0. The van der Waals surface area contributed by atoms with Crippen LogP contribution in [0.1, 0.15) is 16.8 Å². The van der Waals surface area contributed by atoms with Gasteiger partial charge in [0.1, 0.15) is 11.3 Å². The first-order valence-electron chi connectivity index (χ1n) is 8.05. The lowest BCUT2D eigenvalue weighted by atomic mass is 10.00. The van der Waals surface area contributed by atoms with Crippen molar-refractivity contribution in [1.29, 1.82) is 0 Å². The minimum absolute atomic E-state index is 0.00665. The molecule has 2 aromatic heterocycles. The number of benzene rings is 2. The molecule has 0 bridgehead atoms. The van der Waals surface area contributed by atoms with Gasteiger partial charge in [0.25, 0.3) is 0 Å². The second kappa shape index (κ2) is 5.81. The Morgan fingerprint density at radius 1 is 0.960 bits per heavy atom. The quantitative estimate of drug-likeness (QED) is 0.416. The fraction of sp³-hybridized carbons (Fsp3) is 0.143. The molecule has 0 unspecified atom stereocenters. The molecule has 3 nitrogen and oxygen atoms in total. The minimum atomic E-state index is -0.00665. The Kier molecular flexibility index (Phi) is 3.73. The minimum Gasteiger partial charge on any atom is -0.456 e. The Bertz CT molecular complexity index is 1210. The topological polar surface area (TPSA) is 43.1 Å². The number of halogens is 1. The number of fused-ring (bicyclic) bond motifs is 2. The normalized spacial score (nSPS) is 11.4. The molecule has 0 aliphatic heterocycles. The van der Waals surface area contributed by atoms with Gasteiger partial charge in [-0.3, -0.25) is 9.78 Å². The molecule has 4 heteroatoms. The highest BCUT2D eigenvalue weighted by Gasteiger charge is 2.16.